The second-order valence-electron chi connectivity index (χ2n) is 4.65. The van der Waals surface area contributed by atoms with Crippen molar-refractivity contribution in [3.8, 4) is 0 Å². The van der Waals surface area contributed by atoms with Crippen molar-refractivity contribution in [1.82, 2.24) is 5.32 Å². The van der Waals surface area contributed by atoms with Crippen LogP contribution >= 0.6 is 31.9 Å². The summed E-state index contributed by atoms with van der Waals surface area (Å²) in [5, 5.41) is 5.74. The number of halogens is 2. The lowest BCUT2D eigenvalue weighted by molar-refractivity contribution is -0.119. The summed E-state index contributed by atoms with van der Waals surface area (Å²) < 4.78 is 24.4. The van der Waals surface area contributed by atoms with Gasteiger partial charge in [-0.1, -0.05) is 15.9 Å². The third kappa shape index (κ3) is 4.46. The maximum atomic E-state index is 11.8. The molecule has 1 heterocycles. The predicted octanol–water partition coefficient (Wildman–Crippen LogP) is 1.93. The van der Waals surface area contributed by atoms with E-state index in [0.717, 1.165) is 14.6 Å². The van der Waals surface area contributed by atoms with E-state index in [1.165, 1.54) is 0 Å². The van der Waals surface area contributed by atoms with Crippen LogP contribution in [0.15, 0.2) is 27.1 Å². The second kappa shape index (κ2) is 6.44. The molecule has 8 heteroatoms. The zero-order chi connectivity index (χ0) is 14.8. The number of hydrogen-bond acceptors (Lipinski definition) is 4. The standard InChI is InChI=1S/C12H14Br2N2O3S/c13-8-1-2-10(14)11(5-8)15-6-12(17)16-9-3-4-20(18,19)7-9/h1-2,5,9,15H,3-4,6-7H2,(H,16,17)/t9-/m1/s1. The molecule has 0 spiro atoms. The first-order valence-corrected chi connectivity index (χ1v) is 9.45. The Kier molecular flexibility index (Phi) is 5.09. The molecule has 1 aliphatic heterocycles. The van der Waals surface area contributed by atoms with Gasteiger partial charge in [-0.15, -0.1) is 0 Å². The number of amides is 1. The van der Waals surface area contributed by atoms with E-state index in [2.05, 4.69) is 42.5 Å². The lowest BCUT2D eigenvalue weighted by Gasteiger charge is -2.13. The average molecular weight is 426 g/mol. The minimum Gasteiger partial charge on any atom is -0.375 e. The molecule has 1 fully saturated rings. The van der Waals surface area contributed by atoms with Crippen LogP contribution < -0.4 is 10.6 Å². The van der Waals surface area contributed by atoms with E-state index in [1.807, 2.05) is 18.2 Å². The van der Waals surface area contributed by atoms with Crippen molar-refractivity contribution >= 4 is 53.3 Å². The molecule has 0 aliphatic carbocycles. The van der Waals surface area contributed by atoms with Gasteiger partial charge in [0, 0.05) is 20.7 Å². The van der Waals surface area contributed by atoms with Crippen LogP contribution in [0.2, 0.25) is 0 Å². The van der Waals surface area contributed by atoms with Gasteiger partial charge in [-0.2, -0.15) is 0 Å². The highest BCUT2D eigenvalue weighted by atomic mass is 79.9. The Balaban J connectivity index is 1.85. The lowest BCUT2D eigenvalue weighted by Crippen LogP contribution is -2.39. The molecule has 1 aromatic rings. The molecule has 1 aliphatic rings. The Morgan fingerprint density at radius 2 is 2.10 bits per heavy atom. The van der Waals surface area contributed by atoms with E-state index >= 15 is 0 Å². The normalized spacial score (nSPS) is 20.6. The largest absolute Gasteiger partial charge is 0.375 e. The summed E-state index contributed by atoms with van der Waals surface area (Å²) in [6.45, 7) is 0.103. The van der Waals surface area contributed by atoms with E-state index in [1.54, 1.807) is 0 Å². The molecule has 0 bridgehead atoms. The summed E-state index contributed by atoms with van der Waals surface area (Å²) in [5.74, 6) is -0.0130. The van der Waals surface area contributed by atoms with Gasteiger partial charge in [0.05, 0.1) is 18.1 Å². The molecule has 5 nitrogen and oxygen atoms in total. The summed E-state index contributed by atoms with van der Waals surface area (Å²) in [6.07, 6.45) is 0.495. The maximum absolute atomic E-state index is 11.8. The number of anilines is 1. The third-order valence-electron chi connectivity index (χ3n) is 2.97. The van der Waals surface area contributed by atoms with Crippen LogP contribution in [0.3, 0.4) is 0 Å². The van der Waals surface area contributed by atoms with E-state index in [4.69, 9.17) is 0 Å². The van der Waals surface area contributed by atoms with Gasteiger partial charge in [0.25, 0.3) is 0 Å². The van der Waals surface area contributed by atoms with Crippen LogP contribution in [0.1, 0.15) is 6.42 Å². The Morgan fingerprint density at radius 1 is 1.35 bits per heavy atom. The molecule has 1 atom stereocenters. The van der Waals surface area contributed by atoms with Crippen molar-refractivity contribution in [2.24, 2.45) is 0 Å². The zero-order valence-electron chi connectivity index (χ0n) is 10.5. The van der Waals surface area contributed by atoms with Gasteiger partial charge in [0.1, 0.15) is 0 Å². The summed E-state index contributed by atoms with van der Waals surface area (Å²) in [7, 11) is -2.97. The first-order valence-electron chi connectivity index (χ1n) is 6.04. The van der Waals surface area contributed by atoms with Crippen LogP contribution in [0.25, 0.3) is 0 Å². The van der Waals surface area contributed by atoms with Gasteiger partial charge >= 0.3 is 0 Å². The Bertz CT molecular complexity index is 619. The quantitative estimate of drug-likeness (QED) is 0.772. The van der Waals surface area contributed by atoms with Crippen LogP contribution in [-0.2, 0) is 14.6 Å². The fraction of sp³-hybridized carbons (Fsp3) is 0.417. The van der Waals surface area contributed by atoms with E-state index in [0.29, 0.717) is 6.42 Å². The highest BCUT2D eigenvalue weighted by Gasteiger charge is 2.28. The van der Waals surface area contributed by atoms with Crippen LogP contribution in [0.5, 0.6) is 0 Å². The highest BCUT2D eigenvalue weighted by Crippen LogP contribution is 2.25. The predicted molar refractivity (Wildman–Crippen MR) is 85.5 cm³/mol. The van der Waals surface area contributed by atoms with Crippen molar-refractivity contribution in [1.29, 1.82) is 0 Å². The first-order chi connectivity index (χ1) is 9.35. The average Bonchev–Trinajstić information content (AvgIpc) is 2.70. The molecule has 110 valence electrons. The van der Waals surface area contributed by atoms with Gasteiger partial charge in [0.2, 0.25) is 5.91 Å². The number of sulfone groups is 1. The molecular formula is C12H14Br2N2O3S. The van der Waals surface area contributed by atoms with Crippen molar-refractivity contribution in [2.75, 3.05) is 23.4 Å². The summed E-state index contributed by atoms with van der Waals surface area (Å²) >= 11 is 6.75. The summed E-state index contributed by atoms with van der Waals surface area (Å²) in [6, 6.07) is 5.35. The Labute approximate surface area is 134 Å². The topological polar surface area (TPSA) is 75.3 Å². The molecule has 2 N–H and O–H groups in total. The van der Waals surface area contributed by atoms with Gasteiger partial charge in [-0.3, -0.25) is 4.79 Å². The van der Waals surface area contributed by atoms with Crippen molar-refractivity contribution in [3.63, 3.8) is 0 Å². The van der Waals surface area contributed by atoms with Gasteiger partial charge in [-0.05, 0) is 40.5 Å². The molecule has 2 rings (SSSR count). The maximum Gasteiger partial charge on any atom is 0.239 e. The van der Waals surface area contributed by atoms with Gasteiger partial charge in [-0.25, -0.2) is 8.42 Å². The number of nitrogens with one attached hydrogen (secondary N) is 2. The minimum atomic E-state index is -2.97. The smallest absolute Gasteiger partial charge is 0.239 e. The number of hydrogen-bond donors (Lipinski definition) is 2. The highest BCUT2D eigenvalue weighted by molar-refractivity contribution is 9.11. The number of carbonyl (C=O) groups is 1. The van der Waals surface area contributed by atoms with Crippen molar-refractivity contribution in [3.05, 3.63) is 27.1 Å². The SMILES string of the molecule is O=C(CNc1cc(Br)ccc1Br)N[C@@H]1CCS(=O)(=O)C1. The Morgan fingerprint density at radius 3 is 2.75 bits per heavy atom. The lowest BCUT2D eigenvalue weighted by atomic mass is 10.2. The number of carbonyl (C=O) groups excluding carboxylic acids is 1. The molecule has 0 radical (unpaired) electrons. The molecule has 1 amide bonds. The molecule has 20 heavy (non-hydrogen) atoms. The van der Waals surface area contributed by atoms with Gasteiger partial charge < -0.3 is 10.6 Å². The molecular weight excluding hydrogens is 412 g/mol. The van der Waals surface area contributed by atoms with Crippen LogP contribution in [0, 0.1) is 0 Å². The Hall–Kier alpha value is -0.600. The van der Waals surface area contributed by atoms with Crippen molar-refractivity contribution < 1.29 is 13.2 Å². The van der Waals surface area contributed by atoms with Crippen molar-refractivity contribution in [2.45, 2.75) is 12.5 Å². The number of rotatable bonds is 4. The summed E-state index contributed by atoms with van der Waals surface area (Å²) in [5.41, 5.74) is 0.800. The molecule has 1 saturated heterocycles. The third-order valence-corrected chi connectivity index (χ3v) is 5.92. The van der Waals surface area contributed by atoms with Crippen LogP contribution in [0.4, 0.5) is 5.69 Å². The molecule has 0 saturated carbocycles. The minimum absolute atomic E-state index is 0.0410. The zero-order valence-corrected chi connectivity index (χ0v) is 14.5. The van der Waals surface area contributed by atoms with E-state index < -0.39 is 9.84 Å². The summed E-state index contributed by atoms with van der Waals surface area (Å²) in [4.78, 5) is 11.8. The number of benzene rings is 1. The fourth-order valence-corrected chi connectivity index (χ4v) is 4.42. The van der Waals surface area contributed by atoms with Crippen LogP contribution in [-0.4, -0.2) is 38.4 Å². The monoisotopic (exact) mass is 424 g/mol. The molecule has 1 aromatic carbocycles. The van der Waals surface area contributed by atoms with E-state index in [9.17, 15) is 13.2 Å². The van der Waals surface area contributed by atoms with E-state index in [-0.39, 0.29) is 30.0 Å². The second-order valence-corrected chi connectivity index (χ2v) is 8.64. The first kappa shape index (κ1) is 15.8. The molecule has 0 unspecified atom stereocenters. The molecule has 0 aromatic heterocycles. The fourth-order valence-electron chi connectivity index (χ4n) is 2.00. The van der Waals surface area contributed by atoms with Gasteiger partial charge in [0.15, 0.2) is 9.84 Å².